The van der Waals surface area contributed by atoms with Crippen molar-refractivity contribution < 1.29 is 4.79 Å². The summed E-state index contributed by atoms with van der Waals surface area (Å²) in [7, 11) is -1.34. The van der Waals surface area contributed by atoms with Gasteiger partial charge in [-0.1, -0.05) is 91.6 Å². The lowest BCUT2D eigenvalue weighted by Gasteiger charge is -2.48. The molecule has 0 spiro atoms. The maximum absolute atomic E-state index is 14.2. The number of nitrogens with zero attached hydrogens (tertiary/aromatic N) is 1. The summed E-state index contributed by atoms with van der Waals surface area (Å²) in [5, 5.41) is 3.80. The van der Waals surface area contributed by atoms with E-state index in [2.05, 4.69) is 80.3 Å². The largest absolute Gasteiger partial charge is 0.294 e. The van der Waals surface area contributed by atoms with Crippen LogP contribution in [0.1, 0.15) is 46.8 Å². The molecule has 0 radical (unpaired) electrons. The molecule has 1 atom stereocenters. The minimum atomic E-state index is -1.34. The number of hydrogen-bond donors (Lipinski definition) is 0. The maximum atomic E-state index is 14.2. The van der Waals surface area contributed by atoms with Crippen molar-refractivity contribution in [1.29, 1.82) is 0 Å². The lowest BCUT2D eigenvalue weighted by Crippen LogP contribution is -2.47. The summed E-state index contributed by atoms with van der Waals surface area (Å²) in [6.45, 7) is 7.18. The Labute approximate surface area is 203 Å². The highest BCUT2D eigenvalue weighted by molar-refractivity contribution is 6.88. The van der Waals surface area contributed by atoms with Gasteiger partial charge in [0.25, 0.3) is 0 Å². The van der Waals surface area contributed by atoms with E-state index in [1.807, 2.05) is 30.5 Å². The summed E-state index contributed by atoms with van der Waals surface area (Å²) in [4.78, 5) is 18.9. The van der Waals surface area contributed by atoms with Crippen molar-refractivity contribution in [2.45, 2.75) is 50.2 Å². The van der Waals surface area contributed by atoms with Crippen molar-refractivity contribution in [3.63, 3.8) is 0 Å². The van der Waals surface area contributed by atoms with Crippen molar-refractivity contribution >= 4 is 29.8 Å². The molecule has 3 aromatic carbocycles. The first-order valence-corrected chi connectivity index (χ1v) is 15.9. The molecule has 7 rings (SSSR count). The average Bonchev–Trinajstić information content (AvgIpc) is 3.37. The highest BCUT2D eigenvalue weighted by Gasteiger charge is 2.70. The van der Waals surface area contributed by atoms with Crippen molar-refractivity contribution in [1.82, 2.24) is 4.98 Å². The number of ketones is 1. The van der Waals surface area contributed by atoms with E-state index >= 15 is 0 Å². The number of fused-ring (bicyclic) bond motifs is 2. The third-order valence-corrected chi connectivity index (χ3v) is 10.5. The van der Waals surface area contributed by atoms with Crippen LogP contribution in [0.5, 0.6) is 0 Å². The van der Waals surface area contributed by atoms with Gasteiger partial charge in [-0.25, -0.2) is 0 Å². The van der Waals surface area contributed by atoms with Gasteiger partial charge in [0.15, 0.2) is 5.78 Å². The number of carbonyl (C=O) groups is 1. The lowest BCUT2D eigenvalue weighted by molar-refractivity contribution is 0.0537. The third kappa shape index (κ3) is 3.21. The Morgan fingerprint density at radius 2 is 1.56 bits per heavy atom. The fourth-order valence-corrected chi connectivity index (χ4v) is 7.85. The van der Waals surface area contributed by atoms with Gasteiger partial charge in [0.05, 0.1) is 8.07 Å². The molecule has 2 nitrogen and oxygen atoms in total. The van der Waals surface area contributed by atoms with Gasteiger partial charge in [-0.3, -0.25) is 9.78 Å². The molecular formula is C31H31NOSi. The highest BCUT2D eigenvalue weighted by Crippen LogP contribution is 2.73. The van der Waals surface area contributed by atoms with Crippen molar-refractivity contribution in [2.24, 2.45) is 5.41 Å². The van der Waals surface area contributed by atoms with E-state index < -0.39 is 8.07 Å². The van der Waals surface area contributed by atoms with Gasteiger partial charge in [0.2, 0.25) is 0 Å². The molecule has 0 aliphatic heterocycles. The molecule has 0 amide bonds. The standard InChI is InChI=1S/C31H31NOSi/c1-34(2,3)26-15-13-25(14-16-26)30-19-27(28-10-6-7-17-32-28)31(20-30,21-30)29(33)24-12-11-22-8-4-5-9-23(22)18-24/h4-18,27H,19-21H2,1-3H3/t27-,30?,31?/m0/s1. The smallest absolute Gasteiger partial charge is 0.169 e. The average molecular weight is 462 g/mol. The number of Topliss-reactive ketones (excluding diaryl/α,β-unsaturated/α-hetero) is 1. The van der Waals surface area contributed by atoms with Crippen molar-refractivity contribution in [3.05, 3.63) is 108 Å². The Hall–Kier alpha value is -3.04. The van der Waals surface area contributed by atoms with Gasteiger partial charge in [0, 0.05) is 28.8 Å². The van der Waals surface area contributed by atoms with E-state index in [-0.39, 0.29) is 16.7 Å². The number of rotatable bonds is 5. The molecule has 1 aromatic heterocycles. The predicted octanol–water partition coefficient (Wildman–Crippen LogP) is 6.87. The predicted molar refractivity (Wildman–Crippen MR) is 143 cm³/mol. The van der Waals surface area contributed by atoms with Gasteiger partial charge < -0.3 is 0 Å². The zero-order valence-electron chi connectivity index (χ0n) is 20.2. The minimum Gasteiger partial charge on any atom is -0.294 e. The molecule has 2 bridgehead atoms. The molecule has 0 unspecified atom stereocenters. The van der Waals surface area contributed by atoms with Gasteiger partial charge >= 0.3 is 0 Å². The Bertz CT molecular complexity index is 1380. The summed E-state index contributed by atoms with van der Waals surface area (Å²) in [6, 6.07) is 30.0. The Balaban J connectivity index is 1.40. The van der Waals surface area contributed by atoms with E-state index in [0.717, 1.165) is 35.9 Å². The number of pyridine rings is 1. The van der Waals surface area contributed by atoms with Crippen molar-refractivity contribution in [2.75, 3.05) is 0 Å². The number of benzene rings is 3. The van der Waals surface area contributed by atoms with Crippen molar-refractivity contribution in [3.8, 4) is 0 Å². The van der Waals surface area contributed by atoms with Crippen LogP contribution in [0.3, 0.4) is 0 Å². The van der Waals surface area contributed by atoms with E-state index in [9.17, 15) is 4.79 Å². The Morgan fingerprint density at radius 1 is 0.853 bits per heavy atom. The first kappa shape index (κ1) is 21.5. The summed E-state index contributed by atoms with van der Waals surface area (Å²) in [5.74, 6) is 0.449. The van der Waals surface area contributed by atoms with Gasteiger partial charge in [-0.05, 0) is 59.2 Å². The molecule has 3 aliphatic rings. The fraction of sp³-hybridized carbons (Fsp3) is 0.290. The zero-order valence-corrected chi connectivity index (χ0v) is 21.2. The van der Waals surface area contributed by atoms with Gasteiger partial charge in [-0.15, -0.1) is 0 Å². The first-order chi connectivity index (χ1) is 16.3. The Kier molecular flexibility index (Phi) is 4.73. The van der Waals surface area contributed by atoms with Crippen LogP contribution in [-0.2, 0) is 5.41 Å². The normalized spacial score (nSPS) is 25.8. The topological polar surface area (TPSA) is 30.0 Å². The second-order valence-electron chi connectivity index (χ2n) is 11.5. The second kappa shape index (κ2) is 7.48. The number of carbonyl (C=O) groups excluding carboxylic acids is 1. The van der Waals surface area contributed by atoms with E-state index in [4.69, 9.17) is 4.98 Å². The molecule has 0 N–H and O–H groups in total. The van der Waals surface area contributed by atoms with Crippen LogP contribution in [0.2, 0.25) is 19.6 Å². The number of aromatic nitrogens is 1. The molecular weight excluding hydrogens is 430 g/mol. The van der Waals surface area contributed by atoms with E-state index in [1.54, 1.807) is 0 Å². The van der Waals surface area contributed by atoms with Crippen LogP contribution in [0, 0.1) is 5.41 Å². The Morgan fingerprint density at radius 3 is 2.24 bits per heavy atom. The summed E-state index contributed by atoms with van der Waals surface area (Å²) in [5.41, 5.74) is 3.01. The molecule has 3 fully saturated rings. The highest BCUT2D eigenvalue weighted by atomic mass is 28.3. The van der Waals surface area contributed by atoms with E-state index in [0.29, 0.717) is 5.78 Å². The first-order valence-electron chi connectivity index (χ1n) is 12.4. The maximum Gasteiger partial charge on any atom is 0.169 e. The summed E-state index contributed by atoms with van der Waals surface area (Å²) in [6.07, 6.45) is 4.70. The SMILES string of the molecule is C[Si](C)(C)c1ccc(C23C[C@@H](c4ccccn4)C(C(=O)c4ccc5ccccc5c4)(C2)C3)cc1. The van der Waals surface area contributed by atoms with Crippen LogP contribution in [-0.4, -0.2) is 18.8 Å². The van der Waals surface area contributed by atoms with E-state index in [1.165, 1.54) is 16.1 Å². The van der Waals surface area contributed by atoms with Gasteiger partial charge in [0.1, 0.15) is 0 Å². The lowest BCUT2D eigenvalue weighted by atomic mass is 9.54. The van der Waals surface area contributed by atoms with Crippen LogP contribution >= 0.6 is 0 Å². The summed E-state index contributed by atoms with van der Waals surface area (Å²) < 4.78 is 0. The fourth-order valence-electron chi connectivity index (χ4n) is 6.69. The molecule has 4 aromatic rings. The monoisotopic (exact) mass is 461 g/mol. The second-order valence-corrected chi connectivity index (χ2v) is 16.6. The zero-order chi connectivity index (χ0) is 23.6. The molecule has 3 saturated carbocycles. The molecule has 3 heteroatoms. The molecule has 0 saturated heterocycles. The molecule has 34 heavy (non-hydrogen) atoms. The molecule has 170 valence electrons. The van der Waals surface area contributed by atoms with Gasteiger partial charge in [-0.2, -0.15) is 0 Å². The molecule has 3 aliphatic carbocycles. The number of hydrogen-bond acceptors (Lipinski definition) is 2. The quantitative estimate of drug-likeness (QED) is 0.240. The van der Waals surface area contributed by atoms with Crippen LogP contribution in [0.25, 0.3) is 10.8 Å². The van der Waals surface area contributed by atoms with Crippen LogP contribution < -0.4 is 5.19 Å². The third-order valence-electron chi connectivity index (χ3n) is 8.44. The van der Waals surface area contributed by atoms with Crippen LogP contribution in [0.15, 0.2) is 91.1 Å². The summed E-state index contributed by atoms with van der Waals surface area (Å²) >= 11 is 0. The van der Waals surface area contributed by atoms with Crippen LogP contribution in [0.4, 0.5) is 0 Å². The minimum absolute atomic E-state index is 0.0761. The molecule has 1 heterocycles.